The van der Waals surface area contributed by atoms with E-state index in [9.17, 15) is 0 Å². The van der Waals surface area contributed by atoms with Crippen LogP contribution in [0.5, 0.6) is 0 Å². The highest BCUT2D eigenvalue weighted by Gasteiger charge is 2.23. The van der Waals surface area contributed by atoms with Crippen molar-refractivity contribution < 1.29 is 0 Å². The van der Waals surface area contributed by atoms with Gasteiger partial charge in [0.2, 0.25) is 0 Å². The third-order valence-corrected chi connectivity index (χ3v) is 4.10. The summed E-state index contributed by atoms with van der Waals surface area (Å²) < 4.78 is 0. The molecule has 0 bridgehead atoms. The number of nitrogens with zero attached hydrogens (tertiary/aromatic N) is 2. The van der Waals surface area contributed by atoms with Gasteiger partial charge in [-0.1, -0.05) is 23.2 Å². The lowest BCUT2D eigenvalue weighted by Gasteiger charge is -2.35. The number of likely N-dealkylation sites (tertiary alicyclic amines) is 1. The highest BCUT2D eigenvalue weighted by molar-refractivity contribution is 6.37. The third-order valence-electron chi connectivity index (χ3n) is 3.51. The van der Waals surface area contributed by atoms with E-state index in [4.69, 9.17) is 28.9 Å². The molecule has 1 saturated heterocycles. The first-order valence-electron chi connectivity index (χ1n) is 6.05. The number of nitrogens with two attached hydrogens (primary N) is 1. The maximum Gasteiger partial charge on any atom is 0.147 e. The fourth-order valence-corrected chi connectivity index (χ4v) is 2.61. The average Bonchev–Trinajstić information content (AvgIpc) is 2.31. The lowest BCUT2D eigenvalue weighted by molar-refractivity contribution is 0.190. The molecule has 18 heavy (non-hydrogen) atoms. The maximum absolute atomic E-state index is 6.11. The smallest absolute Gasteiger partial charge is 0.147 e. The van der Waals surface area contributed by atoms with Gasteiger partial charge in [0.25, 0.3) is 0 Å². The molecule has 2 heterocycles. The van der Waals surface area contributed by atoms with Gasteiger partial charge in [-0.2, -0.15) is 0 Å². The predicted octanol–water partition coefficient (Wildman–Crippen LogP) is 2.87. The molecule has 0 radical (unpaired) electrons. The van der Waals surface area contributed by atoms with E-state index in [0.29, 0.717) is 33.8 Å². The molecule has 100 valence electrons. The number of nitrogen functional groups attached to an aromatic ring is 1. The van der Waals surface area contributed by atoms with Gasteiger partial charge in [0.05, 0.1) is 10.0 Å². The molecule has 1 aromatic heterocycles. The van der Waals surface area contributed by atoms with Crippen molar-refractivity contribution in [2.24, 2.45) is 0 Å². The molecule has 0 spiro atoms. The second kappa shape index (κ2) is 5.51. The number of halogens is 2. The van der Waals surface area contributed by atoms with Gasteiger partial charge in [-0.15, -0.1) is 0 Å². The van der Waals surface area contributed by atoms with E-state index in [2.05, 4.69) is 29.2 Å². The Balaban J connectivity index is 2.08. The molecule has 0 aromatic carbocycles. The van der Waals surface area contributed by atoms with Crippen molar-refractivity contribution in [3.8, 4) is 0 Å². The van der Waals surface area contributed by atoms with Crippen LogP contribution in [0.25, 0.3) is 0 Å². The zero-order valence-corrected chi connectivity index (χ0v) is 12.1. The SMILES string of the molecule is CC1CC(Nc2nc(N)c(Cl)cc2Cl)CCN1C. The molecule has 1 fully saturated rings. The summed E-state index contributed by atoms with van der Waals surface area (Å²) in [6.45, 7) is 3.29. The van der Waals surface area contributed by atoms with Gasteiger partial charge in [-0.25, -0.2) is 4.98 Å². The Hall–Kier alpha value is -0.710. The lowest BCUT2D eigenvalue weighted by atomic mass is 9.99. The van der Waals surface area contributed by atoms with Crippen molar-refractivity contribution in [2.75, 3.05) is 24.6 Å². The standard InChI is InChI=1S/C12H18Cl2N4/c1-7-5-8(3-4-18(7)2)16-12-10(14)6-9(13)11(15)17-12/h6-8H,3-5H2,1-2H3,(H3,15,16,17). The first-order valence-corrected chi connectivity index (χ1v) is 6.81. The van der Waals surface area contributed by atoms with Gasteiger partial charge in [0.15, 0.2) is 0 Å². The summed E-state index contributed by atoms with van der Waals surface area (Å²) in [7, 11) is 2.15. The highest BCUT2D eigenvalue weighted by atomic mass is 35.5. The third kappa shape index (κ3) is 2.99. The van der Waals surface area contributed by atoms with E-state index in [-0.39, 0.29) is 0 Å². The van der Waals surface area contributed by atoms with Crippen molar-refractivity contribution in [3.05, 3.63) is 16.1 Å². The fourth-order valence-electron chi connectivity index (χ4n) is 2.20. The number of piperidine rings is 1. The fraction of sp³-hybridized carbons (Fsp3) is 0.583. The number of hydrogen-bond acceptors (Lipinski definition) is 4. The summed E-state index contributed by atoms with van der Waals surface area (Å²) >= 11 is 12.0. The van der Waals surface area contributed by atoms with Crippen LogP contribution in [-0.2, 0) is 0 Å². The Bertz CT molecular complexity index is 438. The zero-order valence-electron chi connectivity index (χ0n) is 10.6. The van der Waals surface area contributed by atoms with Crippen molar-refractivity contribution in [1.82, 2.24) is 9.88 Å². The summed E-state index contributed by atoms with van der Waals surface area (Å²) in [5, 5.41) is 4.27. The van der Waals surface area contributed by atoms with Crippen LogP contribution in [0.2, 0.25) is 10.0 Å². The van der Waals surface area contributed by atoms with Crippen LogP contribution < -0.4 is 11.1 Å². The molecule has 2 unspecified atom stereocenters. The molecule has 6 heteroatoms. The summed E-state index contributed by atoms with van der Waals surface area (Å²) in [4.78, 5) is 6.55. The molecule has 1 aliphatic heterocycles. The van der Waals surface area contributed by atoms with E-state index in [0.717, 1.165) is 19.4 Å². The van der Waals surface area contributed by atoms with Gasteiger partial charge < -0.3 is 16.0 Å². The summed E-state index contributed by atoms with van der Waals surface area (Å²) in [6, 6.07) is 2.56. The van der Waals surface area contributed by atoms with E-state index >= 15 is 0 Å². The minimum absolute atomic E-state index is 0.310. The van der Waals surface area contributed by atoms with Crippen molar-refractivity contribution in [3.63, 3.8) is 0 Å². The lowest BCUT2D eigenvalue weighted by Crippen LogP contribution is -2.42. The minimum atomic E-state index is 0.310. The van der Waals surface area contributed by atoms with Crippen LogP contribution in [0.15, 0.2) is 6.07 Å². The van der Waals surface area contributed by atoms with Gasteiger partial charge in [-0.3, -0.25) is 0 Å². The first-order chi connectivity index (χ1) is 8.47. The van der Waals surface area contributed by atoms with Gasteiger partial charge >= 0.3 is 0 Å². The molecule has 3 N–H and O–H groups in total. The molecule has 1 aromatic rings. The Labute approximate surface area is 117 Å². The quantitative estimate of drug-likeness (QED) is 0.879. The second-order valence-electron chi connectivity index (χ2n) is 4.88. The summed E-state index contributed by atoms with van der Waals surface area (Å²) in [5.41, 5.74) is 5.69. The number of nitrogens with one attached hydrogen (secondary N) is 1. The topological polar surface area (TPSA) is 54.2 Å². The minimum Gasteiger partial charge on any atom is -0.382 e. The number of aromatic nitrogens is 1. The maximum atomic E-state index is 6.11. The predicted molar refractivity (Wildman–Crippen MR) is 77.4 cm³/mol. The largest absolute Gasteiger partial charge is 0.382 e. The van der Waals surface area contributed by atoms with Crippen LogP contribution in [0.1, 0.15) is 19.8 Å². The van der Waals surface area contributed by atoms with E-state index < -0.39 is 0 Å². The number of pyridine rings is 1. The van der Waals surface area contributed by atoms with E-state index in [1.165, 1.54) is 0 Å². The highest BCUT2D eigenvalue weighted by Crippen LogP contribution is 2.29. The number of rotatable bonds is 2. The van der Waals surface area contributed by atoms with Crippen molar-refractivity contribution in [1.29, 1.82) is 0 Å². The molecule has 4 nitrogen and oxygen atoms in total. The normalized spacial score (nSPS) is 25.1. The molecule has 1 aliphatic rings. The molecule has 0 saturated carbocycles. The molecule has 0 aliphatic carbocycles. The molecule has 0 amide bonds. The molecule has 2 atom stereocenters. The summed E-state index contributed by atoms with van der Waals surface area (Å²) in [5.74, 6) is 0.935. The van der Waals surface area contributed by atoms with E-state index in [1.54, 1.807) is 6.07 Å². The number of anilines is 2. The first kappa shape index (κ1) is 13.7. The van der Waals surface area contributed by atoms with Crippen LogP contribution in [0.3, 0.4) is 0 Å². The Morgan fingerprint density at radius 2 is 2.17 bits per heavy atom. The van der Waals surface area contributed by atoms with Crippen LogP contribution in [0.4, 0.5) is 11.6 Å². The van der Waals surface area contributed by atoms with Crippen LogP contribution >= 0.6 is 23.2 Å². The second-order valence-corrected chi connectivity index (χ2v) is 5.70. The Morgan fingerprint density at radius 1 is 1.44 bits per heavy atom. The van der Waals surface area contributed by atoms with Gasteiger partial charge in [-0.05, 0) is 32.9 Å². The van der Waals surface area contributed by atoms with E-state index in [1.807, 2.05) is 0 Å². The van der Waals surface area contributed by atoms with Gasteiger partial charge in [0.1, 0.15) is 11.6 Å². The molecule has 2 rings (SSSR count). The molecular weight excluding hydrogens is 271 g/mol. The zero-order chi connectivity index (χ0) is 13.3. The van der Waals surface area contributed by atoms with Crippen LogP contribution in [0, 0.1) is 0 Å². The van der Waals surface area contributed by atoms with Gasteiger partial charge in [0, 0.05) is 18.6 Å². The Kier molecular flexibility index (Phi) is 4.20. The van der Waals surface area contributed by atoms with Crippen molar-refractivity contribution in [2.45, 2.75) is 31.8 Å². The monoisotopic (exact) mass is 288 g/mol. The number of hydrogen-bond donors (Lipinski definition) is 2. The molecular formula is C12H18Cl2N4. The van der Waals surface area contributed by atoms with Crippen molar-refractivity contribution >= 4 is 34.8 Å². The van der Waals surface area contributed by atoms with Crippen LogP contribution in [-0.4, -0.2) is 35.6 Å². The average molecular weight is 289 g/mol. The summed E-state index contributed by atoms with van der Waals surface area (Å²) in [6.07, 6.45) is 2.14. The Morgan fingerprint density at radius 3 is 2.83 bits per heavy atom.